The van der Waals surface area contributed by atoms with Gasteiger partial charge in [-0.25, -0.2) is 4.39 Å². The van der Waals surface area contributed by atoms with Gasteiger partial charge in [-0.3, -0.25) is 4.90 Å². The van der Waals surface area contributed by atoms with Gasteiger partial charge in [0.1, 0.15) is 5.82 Å². The Kier molecular flexibility index (Phi) is 4.91. The summed E-state index contributed by atoms with van der Waals surface area (Å²) in [5.41, 5.74) is 6.58. The molecule has 0 aliphatic carbocycles. The van der Waals surface area contributed by atoms with Crippen molar-refractivity contribution >= 4 is 0 Å². The molecule has 19 heavy (non-hydrogen) atoms. The first-order valence-electron chi connectivity index (χ1n) is 6.91. The van der Waals surface area contributed by atoms with Gasteiger partial charge in [0.25, 0.3) is 0 Å². The van der Waals surface area contributed by atoms with Crippen LogP contribution in [0.15, 0.2) is 24.3 Å². The second-order valence-electron chi connectivity index (χ2n) is 5.37. The molecule has 1 aromatic rings. The van der Waals surface area contributed by atoms with Crippen LogP contribution in [0.3, 0.4) is 0 Å². The zero-order valence-corrected chi connectivity index (χ0v) is 11.7. The van der Waals surface area contributed by atoms with Crippen molar-refractivity contribution in [2.24, 2.45) is 5.73 Å². The maximum absolute atomic E-state index is 13.7. The van der Waals surface area contributed by atoms with Crippen molar-refractivity contribution in [1.29, 1.82) is 0 Å². The van der Waals surface area contributed by atoms with Crippen molar-refractivity contribution in [3.63, 3.8) is 0 Å². The molecule has 1 aliphatic heterocycles. The third-order valence-corrected chi connectivity index (χ3v) is 3.88. The Hall–Kier alpha value is -0.970. The molecule has 1 saturated heterocycles. The Labute approximate surface area is 114 Å². The third kappa shape index (κ3) is 3.53. The van der Waals surface area contributed by atoms with E-state index in [9.17, 15) is 4.39 Å². The number of nitrogens with two attached hydrogens (primary N) is 1. The molecule has 4 heteroatoms. The average Bonchev–Trinajstić information content (AvgIpc) is 2.80. The highest BCUT2D eigenvalue weighted by Gasteiger charge is 2.31. The van der Waals surface area contributed by atoms with Crippen LogP contribution in [0.2, 0.25) is 0 Å². The molecule has 1 aromatic carbocycles. The van der Waals surface area contributed by atoms with E-state index in [-0.39, 0.29) is 18.0 Å². The summed E-state index contributed by atoms with van der Waals surface area (Å²) in [6, 6.07) is 7.02. The Bertz CT molecular complexity index is 413. The van der Waals surface area contributed by atoms with Crippen LogP contribution < -0.4 is 5.73 Å². The number of halogens is 1. The SMILES string of the molecule is CC1CCC(C(CN)N(C)Cc2ccccc2F)O1. The van der Waals surface area contributed by atoms with Crippen molar-refractivity contribution < 1.29 is 9.13 Å². The van der Waals surface area contributed by atoms with Gasteiger partial charge in [-0.05, 0) is 32.9 Å². The van der Waals surface area contributed by atoms with E-state index in [2.05, 4.69) is 11.8 Å². The van der Waals surface area contributed by atoms with Crippen LogP contribution in [0.25, 0.3) is 0 Å². The molecule has 1 fully saturated rings. The van der Waals surface area contributed by atoms with Gasteiger partial charge in [0.2, 0.25) is 0 Å². The molecular weight excluding hydrogens is 243 g/mol. The summed E-state index contributed by atoms with van der Waals surface area (Å²) in [7, 11) is 1.98. The molecule has 2 N–H and O–H groups in total. The summed E-state index contributed by atoms with van der Waals surface area (Å²) >= 11 is 0. The molecule has 3 nitrogen and oxygen atoms in total. The van der Waals surface area contributed by atoms with Crippen LogP contribution in [0, 0.1) is 5.82 Å². The highest BCUT2D eigenvalue weighted by Crippen LogP contribution is 2.24. The summed E-state index contributed by atoms with van der Waals surface area (Å²) in [5, 5.41) is 0. The van der Waals surface area contributed by atoms with Crippen LogP contribution in [0.5, 0.6) is 0 Å². The lowest BCUT2D eigenvalue weighted by molar-refractivity contribution is 0.000615. The van der Waals surface area contributed by atoms with Gasteiger partial charge in [0.15, 0.2) is 0 Å². The Morgan fingerprint density at radius 1 is 1.42 bits per heavy atom. The molecule has 0 bridgehead atoms. The molecule has 3 atom stereocenters. The van der Waals surface area contributed by atoms with Crippen LogP contribution in [-0.4, -0.2) is 36.7 Å². The second kappa shape index (κ2) is 6.46. The number of hydrogen-bond acceptors (Lipinski definition) is 3. The molecule has 1 aliphatic rings. The fourth-order valence-electron chi connectivity index (χ4n) is 2.74. The predicted molar refractivity (Wildman–Crippen MR) is 74.3 cm³/mol. The summed E-state index contributed by atoms with van der Waals surface area (Å²) in [5.74, 6) is -0.161. The predicted octanol–water partition coefficient (Wildman–Crippen LogP) is 2.15. The Balaban J connectivity index is 2.01. The van der Waals surface area contributed by atoms with Crippen LogP contribution in [0.1, 0.15) is 25.3 Å². The number of rotatable bonds is 5. The molecule has 3 unspecified atom stereocenters. The largest absolute Gasteiger partial charge is 0.374 e. The lowest BCUT2D eigenvalue weighted by Gasteiger charge is -2.31. The molecule has 106 valence electrons. The zero-order valence-electron chi connectivity index (χ0n) is 11.7. The van der Waals surface area contributed by atoms with Crippen molar-refractivity contribution in [3.05, 3.63) is 35.6 Å². The first kappa shape index (κ1) is 14.4. The summed E-state index contributed by atoms with van der Waals surface area (Å²) in [6.45, 7) is 3.18. The maximum Gasteiger partial charge on any atom is 0.127 e. The van der Waals surface area contributed by atoms with E-state index in [1.165, 1.54) is 6.07 Å². The fraction of sp³-hybridized carbons (Fsp3) is 0.600. The molecule has 0 amide bonds. The number of ether oxygens (including phenoxy) is 1. The summed E-state index contributed by atoms with van der Waals surface area (Å²) in [6.07, 6.45) is 2.58. The number of benzene rings is 1. The molecule has 0 aromatic heterocycles. The maximum atomic E-state index is 13.7. The highest BCUT2D eigenvalue weighted by molar-refractivity contribution is 5.17. The molecular formula is C15H23FN2O. The van der Waals surface area contributed by atoms with E-state index < -0.39 is 0 Å². The second-order valence-corrected chi connectivity index (χ2v) is 5.37. The van der Waals surface area contributed by atoms with Gasteiger partial charge in [-0.1, -0.05) is 18.2 Å². The number of nitrogens with zero attached hydrogens (tertiary/aromatic N) is 1. The Morgan fingerprint density at radius 3 is 2.74 bits per heavy atom. The number of hydrogen-bond donors (Lipinski definition) is 1. The van der Waals surface area contributed by atoms with E-state index >= 15 is 0 Å². The van der Waals surface area contributed by atoms with Crippen molar-refractivity contribution in [2.75, 3.05) is 13.6 Å². The lowest BCUT2D eigenvalue weighted by Crippen LogP contribution is -2.46. The van der Waals surface area contributed by atoms with Gasteiger partial charge in [-0.2, -0.15) is 0 Å². The van der Waals surface area contributed by atoms with Gasteiger partial charge >= 0.3 is 0 Å². The minimum atomic E-state index is -0.161. The van der Waals surface area contributed by atoms with Gasteiger partial charge in [0, 0.05) is 24.7 Å². The first-order chi connectivity index (χ1) is 9.11. The van der Waals surface area contributed by atoms with E-state index in [1.807, 2.05) is 19.2 Å². The van der Waals surface area contributed by atoms with Crippen LogP contribution in [-0.2, 0) is 11.3 Å². The lowest BCUT2D eigenvalue weighted by atomic mass is 10.1. The topological polar surface area (TPSA) is 38.5 Å². The molecule has 0 saturated carbocycles. The summed E-state index contributed by atoms with van der Waals surface area (Å²) < 4.78 is 19.6. The molecule has 0 radical (unpaired) electrons. The smallest absolute Gasteiger partial charge is 0.127 e. The van der Waals surface area contributed by atoms with Gasteiger partial charge in [0.05, 0.1) is 12.2 Å². The molecule has 0 spiro atoms. The van der Waals surface area contributed by atoms with Crippen molar-refractivity contribution in [2.45, 2.75) is 44.6 Å². The standard InChI is InChI=1S/C15H23FN2O/c1-11-7-8-15(19-11)14(9-17)18(2)10-12-5-3-4-6-13(12)16/h3-6,11,14-15H,7-10,17H2,1-2H3. The van der Waals surface area contributed by atoms with Gasteiger partial charge in [-0.15, -0.1) is 0 Å². The monoisotopic (exact) mass is 266 g/mol. The Morgan fingerprint density at radius 2 is 2.16 bits per heavy atom. The molecule has 1 heterocycles. The van der Waals surface area contributed by atoms with E-state index in [0.717, 1.165) is 12.8 Å². The van der Waals surface area contributed by atoms with E-state index in [1.54, 1.807) is 6.07 Å². The zero-order chi connectivity index (χ0) is 13.8. The van der Waals surface area contributed by atoms with Crippen LogP contribution in [0.4, 0.5) is 4.39 Å². The molecule has 2 rings (SSSR count). The van der Waals surface area contributed by atoms with Crippen LogP contribution >= 0.6 is 0 Å². The van der Waals surface area contributed by atoms with Gasteiger partial charge < -0.3 is 10.5 Å². The first-order valence-corrected chi connectivity index (χ1v) is 6.91. The fourth-order valence-corrected chi connectivity index (χ4v) is 2.74. The third-order valence-electron chi connectivity index (χ3n) is 3.88. The minimum Gasteiger partial charge on any atom is -0.374 e. The van der Waals surface area contributed by atoms with E-state index in [0.29, 0.717) is 24.8 Å². The minimum absolute atomic E-state index is 0.143. The quantitative estimate of drug-likeness (QED) is 0.887. The summed E-state index contributed by atoms with van der Waals surface area (Å²) in [4.78, 5) is 2.10. The van der Waals surface area contributed by atoms with Crippen molar-refractivity contribution in [1.82, 2.24) is 4.90 Å². The number of likely N-dealkylation sites (N-methyl/N-ethyl adjacent to an activating group) is 1. The normalized spacial score (nSPS) is 24.9. The average molecular weight is 266 g/mol. The highest BCUT2D eigenvalue weighted by atomic mass is 19.1. The van der Waals surface area contributed by atoms with E-state index in [4.69, 9.17) is 10.5 Å². The van der Waals surface area contributed by atoms with Crippen molar-refractivity contribution in [3.8, 4) is 0 Å².